The van der Waals surface area contributed by atoms with Gasteiger partial charge in [0.05, 0.1) is 5.52 Å². The summed E-state index contributed by atoms with van der Waals surface area (Å²) < 4.78 is 0. The molecule has 0 aliphatic carbocycles. The third-order valence-electron chi connectivity index (χ3n) is 3.15. The van der Waals surface area contributed by atoms with E-state index in [-0.39, 0.29) is 0 Å². The van der Waals surface area contributed by atoms with Crippen LogP contribution in [0.25, 0.3) is 10.9 Å². The van der Waals surface area contributed by atoms with Gasteiger partial charge < -0.3 is 0 Å². The zero-order chi connectivity index (χ0) is 11.7. The summed E-state index contributed by atoms with van der Waals surface area (Å²) in [5.41, 5.74) is 5.06. The molecular formula is C15H19N. The van der Waals surface area contributed by atoms with Crippen LogP contribution >= 0.6 is 0 Å². The van der Waals surface area contributed by atoms with Gasteiger partial charge in [0.25, 0.3) is 0 Å². The summed E-state index contributed by atoms with van der Waals surface area (Å²) in [7, 11) is 0. The zero-order valence-electron chi connectivity index (χ0n) is 10.5. The zero-order valence-corrected chi connectivity index (χ0v) is 10.5. The Morgan fingerprint density at radius 1 is 1.25 bits per heavy atom. The fourth-order valence-corrected chi connectivity index (χ4v) is 2.22. The Kier molecular flexibility index (Phi) is 2.95. The predicted octanol–water partition coefficient (Wildman–Crippen LogP) is 4.23. The average molecular weight is 213 g/mol. The van der Waals surface area contributed by atoms with E-state index in [1.807, 2.05) is 0 Å². The number of aryl methyl sites for hydroxylation is 2. The number of aromatic nitrogens is 1. The van der Waals surface area contributed by atoms with Gasteiger partial charge in [0.2, 0.25) is 0 Å². The summed E-state index contributed by atoms with van der Waals surface area (Å²) in [6, 6.07) is 8.72. The highest BCUT2D eigenvalue weighted by Gasteiger charge is 2.07. The van der Waals surface area contributed by atoms with Crippen LogP contribution in [-0.2, 0) is 6.42 Å². The van der Waals surface area contributed by atoms with Crippen molar-refractivity contribution in [2.45, 2.75) is 40.0 Å². The third kappa shape index (κ3) is 1.82. The number of pyridine rings is 1. The molecule has 2 rings (SSSR count). The maximum atomic E-state index is 4.74. The van der Waals surface area contributed by atoms with E-state index in [4.69, 9.17) is 4.98 Å². The Morgan fingerprint density at radius 3 is 2.62 bits per heavy atom. The van der Waals surface area contributed by atoms with E-state index in [0.717, 1.165) is 11.9 Å². The van der Waals surface area contributed by atoms with Crippen molar-refractivity contribution >= 4 is 10.9 Å². The summed E-state index contributed by atoms with van der Waals surface area (Å²) in [5, 5.41) is 1.31. The SMILES string of the molecule is CCc1nc2cccc(C(C)C)c2cc1C. The maximum absolute atomic E-state index is 4.74. The highest BCUT2D eigenvalue weighted by atomic mass is 14.7. The standard InChI is InChI=1S/C15H19N/c1-5-14-11(4)9-13-12(10(2)3)7-6-8-15(13)16-14/h6-10H,5H2,1-4H3. The van der Waals surface area contributed by atoms with Gasteiger partial charge in [-0.25, -0.2) is 0 Å². The first kappa shape index (κ1) is 11.1. The predicted molar refractivity (Wildman–Crippen MR) is 69.9 cm³/mol. The molecule has 0 N–H and O–H groups in total. The molecule has 2 aromatic rings. The van der Waals surface area contributed by atoms with Crippen LogP contribution in [0.15, 0.2) is 24.3 Å². The lowest BCUT2D eigenvalue weighted by Gasteiger charge is -2.12. The molecule has 84 valence electrons. The molecular weight excluding hydrogens is 194 g/mol. The largest absolute Gasteiger partial charge is 0.253 e. The van der Waals surface area contributed by atoms with Gasteiger partial charge in [-0.3, -0.25) is 4.98 Å². The molecule has 1 heteroatoms. The van der Waals surface area contributed by atoms with Gasteiger partial charge in [0.1, 0.15) is 0 Å². The molecule has 1 aromatic heterocycles. The minimum atomic E-state index is 0.553. The molecule has 0 aliphatic heterocycles. The number of hydrogen-bond acceptors (Lipinski definition) is 1. The van der Waals surface area contributed by atoms with Gasteiger partial charge in [-0.05, 0) is 42.5 Å². The Labute approximate surface area is 97.5 Å². The molecule has 1 heterocycles. The van der Waals surface area contributed by atoms with Gasteiger partial charge >= 0.3 is 0 Å². The van der Waals surface area contributed by atoms with Gasteiger partial charge in [0, 0.05) is 11.1 Å². The average Bonchev–Trinajstić information content (AvgIpc) is 2.27. The van der Waals surface area contributed by atoms with Gasteiger partial charge in [-0.1, -0.05) is 32.9 Å². The summed E-state index contributed by atoms with van der Waals surface area (Å²) >= 11 is 0. The van der Waals surface area contributed by atoms with E-state index < -0.39 is 0 Å². The van der Waals surface area contributed by atoms with E-state index in [2.05, 4.69) is 52.0 Å². The highest BCUT2D eigenvalue weighted by Crippen LogP contribution is 2.26. The van der Waals surface area contributed by atoms with Crippen LogP contribution in [0.2, 0.25) is 0 Å². The quantitative estimate of drug-likeness (QED) is 0.727. The van der Waals surface area contributed by atoms with Crippen LogP contribution in [0.1, 0.15) is 43.5 Å². The first-order valence-electron chi connectivity index (χ1n) is 6.02. The highest BCUT2D eigenvalue weighted by molar-refractivity contribution is 5.83. The van der Waals surface area contributed by atoms with E-state index in [1.54, 1.807) is 0 Å². The number of rotatable bonds is 2. The number of benzene rings is 1. The molecule has 0 unspecified atom stereocenters. The van der Waals surface area contributed by atoms with Crippen molar-refractivity contribution in [3.05, 3.63) is 41.1 Å². The van der Waals surface area contributed by atoms with Gasteiger partial charge in [0.15, 0.2) is 0 Å². The molecule has 16 heavy (non-hydrogen) atoms. The number of fused-ring (bicyclic) bond motifs is 1. The summed E-state index contributed by atoms with van der Waals surface area (Å²) in [6.45, 7) is 8.78. The van der Waals surface area contributed by atoms with E-state index in [0.29, 0.717) is 5.92 Å². The van der Waals surface area contributed by atoms with Gasteiger partial charge in [-0.2, -0.15) is 0 Å². The summed E-state index contributed by atoms with van der Waals surface area (Å²) in [5.74, 6) is 0.553. The molecule has 1 nitrogen and oxygen atoms in total. The molecule has 0 spiro atoms. The molecule has 0 fully saturated rings. The van der Waals surface area contributed by atoms with Crippen LogP contribution in [0, 0.1) is 6.92 Å². The van der Waals surface area contributed by atoms with Gasteiger partial charge in [-0.15, -0.1) is 0 Å². The van der Waals surface area contributed by atoms with Crippen molar-refractivity contribution < 1.29 is 0 Å². The number of hydrogen-bond donors (Lipinski definition) is 0. The van der Waals surface area contributed by atoms with Crippen molar-refractivity contribution in [2.75, 3.05) is 0 Å². The first-order chi connectivity index (χ1) is 7.63. The lowest BCUT2D eigenvalue weighted by molar-refractivity contribution is 0.875. The second kappa shape index (κ2) is 4.25. The topological polar surface area (TPSA) is 12.9 Å². The first-order valence-corrected chi connectivity index (χ1v) is 6.02. The van der Waals surface area contributed by atoms with E-state index in [9.17, 15) is 0 Å². The molecule has 0 amide bonds. The maximum Gasteiger partial charge on any atom is 0.0708 e. The minimum Gasteiger partial charge on any atom is -0.253 e. The normalized spacial score (nSPS) is 11.3. The third-order valence-corrected chi connectivity index (χ3v) is 3.15. The lowest BCUT2D eigenvalue weighted by atomic mass is 9.96. The fraction of sp³-hybridized carbons (Fsp3) is 0.400. The van der Waals surface area contributed by atoms with Crippen LogP contribution in [0.3, 0.4) is 0 Å². The molecule has 0 aliphatic rings. The van der Waals surface area contributed by atoms with Crippen molar-refractivity contribution in [1.82, 2.24) is 4.98 Å². The van der Waals surface area contributed by atoms with Crippen LogP contribution < -0.4 is 0 Å². The number of nitrogens with zero attached hydrogens (tertiary/aromatic N) is 1. The molecule has 0 bridgehead atoms. The van der Waals surface area contributed by atoms with Crippen LogP contribution in [0.4, 0.5) is 0 Å². The Morgan fingerprint density at radius 2 is 2.00 bits per heavy atom. The summed E-state index contributed by atoms with van der Waals surface area (Å²) in [6.07, 6.45) is 1.01. The van der Waals surface area contributed by atoms with Crippen molar-refractivity contribution in [3.8, 4) is 0 Å². The Hall–Kier alpha value is -1.37. The molecule has 0 radical (unpaired) electrons. The van der Waals surface area contributed by atoms with Crippen LogP contribution in [0.5, 0.6) is 0 Å². The molecule has 0 saturated carbocycles. The Bertz CT molecular complexity index is 512. The minimum absolute atomic E-state index is 0.553. The van der Waals surface area contributed by atoms with Crippen molar-refractivity contribution in [3.63, 3.8) is 0 Å². The summed E-state index contributed by atoms with van der Waals surface area (Å²) in [4.78, 5) is 4.74. The lowest BCUT2D eigenvalue weighted by Crippen LogP contribution is -1.96. The second-order valence-electron chi connectivity index (χ2n) is 4.67. The fourth-order valence-electron chi connectivity index (χ4n) is 2.22. The van der Waals surface area contributed by atoms with E-state index >= 15 is 0 Å². The van der Waals surface area contributed by atoms with Crippen molar-refractivity contribution in [2.24, 2.45) is 0 Å². The smallest absolute Gasteiger partial charge is 0.0708 e. The molecule has 1 aromatic carbocycles. The second-order valence-corrected chi connectivity index (χ2v) is 4.67. The molecule has 0 atom stereocenters. The van der Waals surface area contributed by atoms with Crippen molar-refractivity contribution in [1.29, 1.82) is 0 Å². The molecule has 0 saturated heterocycles. The van der Waals surface area contributed by atoms with E-state index in [1.165, 1.54) is 22.2 Å². The monoisotopic (exact) mass is 213 g/mol. The van der Waals surface area contributed by atoms with Crippen LogP contribution in [-0.4, -0.2) is 4.98 Å². The Balaban J connectivity index is 2.74.